The average molecular weight is 365 g/mol. The predicted molar refractivity (Wildman–Crippen MR) is 103 cm³/mol. The molecule has 0 saturated carbocycles. The molecule has 1 aromatic heterocycles. The minimum Gasteiger partial charge on any atom is -0.421 e. The SMILES string of the molecule is COCCCN(C)C(=O)c1ccc(-c2ccc(-c3nnc(C)o3)cc2)cc1. The van der Waals surface area contributed by atoms with Gasteiger partial charge in [-0.25, -0.2) is 0 Å². The summed E-state index contributed by atoms with van der Waals surface area (Å²) in [5, 5.41) is 7.87. The van der Waals surface area contributed by atoms with Crippen LogP contribution in [0.25, 0.3) is 22.6 Å². The summed E-state index contributed by atoms with van der Waals surface area (Å²) in [6.07, 6.45) is 0.822. The molecule has 0 aliphatic rings. The Kier molecular flexibility index (Phi) is 5.98. The molecule has 3 rings (SSSR count). The molecular formula is C21H23N3O3. The van der Waals surface area contributed by atoms with E-state index in [2.05, 4.69) is 10.2 Å². The van der Waals surface area contributed by atoms with Crippen LogP contribution in [-0.4, -0.2) is 48.3 Å². The minimum atomic E-state index is 0.0137. The van der Waals surface area contributed by atoms with E-state index in [-0.39, 0.29) is 5.91 Å². The van der Waals surface area contributed by atoms with E-state index >= 15 is 0 Å². The number of nitrogens with zero attached hydrogens (tertiary/aromatic N) is 3. The number of rotatable bonds is 7. The Labute approximate surface area is 158 Å². The summed E-state index contributed by atoms with van der Waals surface area (Å²) in [5.74, 6) is 1.07. The van der Waals surface area contributed by atoms with Gasteiger partial charge in [-0.05, 0) is 41.8 Å². The minimum absolute atomic E-state index is 0.0137. The monoisotopic (exact) mass is 365 g/mol. The van der Waals surface area contributed by atoms with E-state index in [1.165, 1.54) is 0 Å². The summed E-state index contributed by atoms with van der Waals surface area (Å²) < 4.78 is 10.5. The van der Waals surface area contributed by atoms with Gasteiger partial charge in [0.15, 0.2) is 0 Å². The molecule has 1 amide bonds. The van der Waals surface area contributed by atoms with Crippen molar-refractivity contribution in [3.63, 3.8) is 0 Å². The van der Waals surface area contributed by atoms with Crippen LogP contribution in [0.1, 0.15) is 22.7 Å². The molecule has 0 fully saturated rings. The van der Waals surface area contributed by atoms with E-state index in [4.69, 9.17) is 9.15 Å². The first-order chi connectivity index (χ1) is 13.1. The van der Waals surface area contributed by atoms with Crippen molar-refractivity contribution in [3.05, 3.63) is 60.0 Å². The number of carbonyl (C=O) groups is 1. The molecule has 0 unspecified atom stereocenters. The van der Waals surface area contributed by atoms with E-state index < -0.39 is 0 Å². The second kappa shape index (κ2) is 8.60. The van der Waals surface area contributed by atoms with Gasteiger partial charge in [0, 0.05) is 45.4 Å². The Morgan fingerprint density at radius 3 is 2.15 bits per heavy atom. The highest BCUT2D eigenvalue weighted by molar-refractivity contribution is 5.94. The van der Waals surface area contributed by atoms with E-state index in [1.54, 1.807) is 18.9 Å². The molecule has 140 valence electrons. The smallest absolute Gasteiger partial charge is 0.253 e. The number of ether oxygens (including phenoxy) is 1. The normalized spacial score (nSPS) is 10.8. The standard InChI is InChI=1S/C21H23N3O3/c1-15-22-23-20(27-15)18-9-5-16(6-10-18)17-7-11-19(12-8-17)21(25)24(2)13-4-14-26-3/h5-12H,4,13-14H2,1-3H3. The maximum absolute atomic E-state index is 12.5. The largest absolute Gasteiger partial charge is 0.421 e. The third kappa shape index (κ3) is 4.60. The fourth-order valence-corrected chi connectivity index (χ4v) is 2.79. The zero-order valence-electron chi connectivity index (χ0n) is 15.8. The Morgan fingerprint density at radius 1 is 1.00 bits per heavy atom. The number of hydrogen-bond acceptors (Lipinski definition) is 5. The highest BCUT2D eigenvalue weighted by Gasteiger charge is 2.12. The van der Waals surface area contributed by atoms with E-state index in [0.717, 1.165) is 23.1 Å². The van der Waals surface area contributed by atoms with Crippen LogP contribution in [0.2, 0.25) is 0 Å². The number of aromatic nitrogens is 2. The molecule has 0 saturated heterocycles. The average Bonchev–Trinajstić information content (AvgIpc) is 3.14. The first-order valence-corrected chi connectivity index (χ1v) is 8.84. The van der Waals surface area contributed by atoms with Gasteiger partial charge in [-0.15, -0.1) is 10.2 Å². The first kappa shape index (κ1) is 18.8. The van der Waals surface area contributed by atoms with Crippen molar-refractivity contribution in [2.24, 2.45) is 0 Å². The molecule has 0 spiro atoms. The van der Waals surface area contributed by atoms with Crippen molar-refractivity contribution in [1.82, 2.24) is 15.1 Å². The van der Waals surface area contributed by atoms with Crippen molar-refractivity contribution in [1.29, 1.82) is 0 Å². The topological polar surface area (TPSA) is 68.5 Å². The van der Waals surface area contributed by atoms with Gasteiger partial charge < -0.3 is 14.1 Å². The lowest BCUT2D eigenvalue weighted by molar-refractivity contribution is 0.0779. The molecule has 6 nitrogen and oxygen atoms in total. The molecule has 3 aromatic rings. The van der Waals surface area contributed by atoms with E-state index in [1.807, 2.05) is 55.6 Å². The lowest BCUT2D eigenvalue weighted by Crippen LogP contribution is -2.28. The molecular weight excluding hydrogens is 342 g/mol. The van der Waals surface area contributed by atoms with E-state index in [0.29, 0.717) is 30.5 Å². The molecule has 0 aliphatic carbocycles. The van der Waals surface area contributed by atoms with E-state index in [9.17, 15) is 4.79 Å². The maximum atomic E-state index is 12.5. The number of amides is 1. The predicted octanol–water partition coefficient (Wildman–Crippen LogP) is 3.82. The van der Waals surface area contributed by atoms with Gasteiger partial charge in [-0.3, -0.25) is 4.79 Å². The molecule has 0 aliphatic heterocycles. The summed E-state index contributed by atoms with van der Waals surface area (Å²) >= 11 is 0. The Hall–Kier alpha value is -2.99. The van der Waals surface area contributed by atoms with Gasteiger partial charge in [0.1, 0.15) is 0 Å². The fourth-order valence-electron chi connectivity index (χ4n) is 2.79. The first-order valence-electron chi connectivity index (χ1n) is 8.84. The lowest BCUT2D eigenvalue weighted by atomic mass is 10.0. The summed E-state index contributed by atoms with van der Waals surface area (Å²) in [4.78, 5) is 14.2. The van der Waals surface area contributed by atoms with Crippen molar-refractivity contribution in [2.45, 2.75) is 13.3 Å². The zero-order chi connectivity index (χ0) is 19.2. The van der Waals surface area contributed by atoms with Gasteiger partial charge in [0.2, 0.25) is 11.8 Å². The molecule has 0 bridgehead atoms. The second-order valence-electron chi connectivity index (χ2n) is 6.35. The summed E-state index contributed by atoms with van der Waals surface area (Å²) in [6, 6.07) is 15.5. The number of benzene rings is 2. The molecule has 2 aromatic carbocycles. The molecule has 0 N–H and O–H groups in total. The fraction of sp³-hybridized carbons (Fsp3) is 0.286. The summed E-state index contributed by atoms with van der Waals surface area (Å²) in [5.41, 5.74) is 3.66. The lowest BCUT2D eigenvalue weighted by Gasteiger charge is -2.17. The Morgan fingerprint density at radius 2 is 1.59 bits per heavy atom. The van der Waals surface area contributed by atoms with Crippen LogP contribution in [0.5, 0.6) is 0 Å². The number of aryl methyl sites for hydroxylation is 1. The van der Waals surface area contributed by atoms with Crippen LogP contribution in [0.15, 0.2) is 52.9 Å². The molecule has 0 atom stereocenters. The highest BCUT2D eigenvalue weighted by atomic mass is 16.5. The third-order valence-electron chi connectivity index (χ3n) is 4.31. The number of hydrogen-bond donors (Lipinski definition) is 0. The van der Waals surface area contributed by atoms with Crippen LogP contribution in [0, 0.1) is 6.92 Å². The van der Waals surface area contributed by atoms with Crippen molar-refractivity contribution >= 4 is 5.91 Å². The molecule has 1 heterocycles. The van der Waals surface area contributed by atoms with Crippen LogP contribution in [0.4, 0.5) is 0 Å². The van der Waals surface area contributed by atoms with Crippen molar-refractivity contribution in [2.75, 3.05) is 27.3 Å². The summed E-state index contributed by atoms with van der Waals surface area (Å²) in [6.45, 7) is 3.09. The molecule has 6 heteroatoms. The quantitative estimate of drug-likeness (QED) is 0.595. The van der Waals surface area contributed by atoms with Crippen LogP contribution in [0.3, 0.4) is 0 Å². The highest BCUT2D eigenvalue weighted by Crippen LogP contribution is 2.24. The third-order valence-corrected chi connectivity index (χ3v) is 4.31. The van der Waals surface area contributed by atoms with Crippen molar-refractivity contribution < 1.29 is 13.9 Å². The van der Waals surface area contributed by atoms with Crippen LogP contribution < -0.4 is 0 Å². The summed E-state index contributed by atoms with van der Waals surface area (Å²) in [7, 11) is 3.47. The van der Waals surface area contributed by atoms with Gasteiger partial charge in [-0.2, -0.15) is 0 Å². The van der Waals surface area contributed by atoms with Gasteiger partial charge in [0.25, 0.3) is 5.91 Å². The molecule has 0 radical (unpaired) electrons. The number of methoxy groups -OCH3 is 1. The van der Waals surface area contributed by atoms with Gasteiger partial charge in [-0.1, -0.05) is 24.3 Å². The maximum Gasteiger partial charge on any atom is 0.253 e. The number of carbonyl (C=O) groups excluding carboxylic acids is 1. The Balaban J connectivity index is 1.69. The van der Waals surface area contributed by atoms with Crippen molar-refractivity contribution in [3.8, 4) is 22.6 Å². The van der Waals surface area contributed by atoms with Crippen LogP contribution >= 0.6 is 0 Å². The van der Waals surface area contributed by atoms with Gasteiger partial charge >= 0.3 is 0 Å². The second-order valence-corrected chi connectivity index (χ2v) is 6.35. The van der Waals surface area contributed by atoms with Gasteiger partial charge in [0.05, 0.1) is 0 Å². The Bertz CT molecular complexity index is 886. The molecule has 27 heavy (non-hydrogen) atoms. The zero-order valence-corrected chi connectivity index (χ0v) is 15.8. The van der Waals surface area contributed by atoms with Crippen LogP contribution in [-0.2, 0) is 4.74 Å².